The van der Waals surface area contributed by atoms with Gasteiger partial charge in [-0.2, -0.15) is 5.10 Å². The smallest absolute Gasteiger partial charge is 0.141 e. The van der Waals surface area contributed by atoms with Crippen LogP contribution in [-0.2, 0) is 19.9 Å². The summed E-state index contributed by atoms with van der Waals surface area (Å²) in [5, 5.41) is 5.11. The molecule has 0 saturated heterocycles. The highest BCUT2D eigenvalue weighted by Gasteiger charge is 2.19. The molecule has 0 aliphatic rings. The zero-order chi connectivity index (χ0) is 14.7. The molecule has 0 amide bonds. The van der Waals surface area contributed by atoms with Gasteiger partial charge in [0.2, 0.25) is 0 Å². The first-order valence-electron chi connectivity index (χ1n) is 6.52. The summed E-state index contributed by atoms with van der Waals surface area (Å²) in [4.78, 5) is 4.03. The first-order valence-corrected chi connectivity index (χ1v) is 6.90. The van der Waals surface area contributed by atoms with E-state index >= 15 is 0 Å². The lowest BCUT2D eigenvalue weighted by atomic mass is 10.0. The lowest BCUT2D eigenvalue weighted by Gasteiger charge is -2.15. The molecule has 0 fully saturated rings. The Bertz CT molecular complexity index is 597. The van der Waals surface area contributed by atoms with Gasteiger partial charge in [-0.1, -0.05) is 18.5 Å². The van der Waals surface area contributed by atoms with Crippen LogP contribution in [0.3, 0.4) is 0 Å². The van der Waals surface area contributed by atoms with E-state index in [9.17, 15) is 0 Å². The minimum Gasteiger partial charge on any atom is -0.495 e. The summed E-state index contributed by atoms with van der Waals surface area (Å²) in [7, 11) is 3.50. The molecule has 2 aromatic rings. The third-order valence-corrected chi connectivity index (χ3v) is 3.79. The summed E-state index contributed by atoms with van der Waals surface area (Å²) in [6.07, 6.45) is 4.78. The van der Waals surface area contributed by atoms with Crippen LogP contribution in [0.2, 0.25) is 5.02 Å². The van der Waals surface area contributed by atoms with Crippen LogP contribution in [0.4, 0.5) is 0 Å². The summed E-state index contributed by atoms with van der Waals surface area (Å²) in [5.74, 6) is 0.689. The summed E-state index contributed by atoms with van der Waals surface area (Å²) in [5.41, 5.74) is 9.04. The van der Waals surface area contributed by atoms with Crippen molar-refractivity contribution in [3.8, 4) is 5.75 Å². The molecule has 108 valence electrons. The van der Waals surface area contributed by atoms with Crippen molar-refractivity contribution in [1.82, 2.24) is 14.8 Å². The molecule has 1 atom stereocenters. The zero-order valence-electron chi connectivity index (χ0n) is 11.9. The van der Waals surface area contributed by atoms with Crippen molar-refractivity contribution in [3.63, 3.8) is 0 Å². The van der Waals surface area contributed by atoms with Crippen LogP contribution in [0.1, 0.15) is 29.9 Å². The maximum absolute atomic E-state index is 6.35. The van der Waals surface area contributed by atoms with E-state index in [-0.39, 0.29) is 6.04 Å². The lowest BCUT2D eigenvalue weighted by Crippen LogP contribution is -2.16. The number of pyridine rings is 1. The Balaban J connectivity index is 2.28. The SMILES string of the molecule is CCc1nn(C)c(CC(N)c2ccncc2OC)c1Cl. The number of nitrogens with two attached hydrogens (primary N) is 1. The van der Waals surface area contributed by atoms with Crippen molar-refractivity contribution in [2.75, 3.05) is 7.11 Å². The second-order valence-electron chi connectivity index (χ2n) is 4.61. The summed E-state index contributed by atoms with van der Waals surface area (Å²) >= 11 is 6.35. The Morgan fingerprint density at radius 3 is 2.85 bits per heavy atom. The second-order valence-corrected chi connectivity index (χ2v) is 4.99. The maximum atomic E-state index is 6.35. The zero-order valence-corrected chi connectivity index (χ0v) is 12.7. The highest BCUT2D eigenvalue weighted by atomic mass is 35.5. The molecule has 0 aliphatic carbocycles. The van der Waals surface area contributed by atoms with E-state index in [1.54, 1.807) is 24.2 Å². The molecule has 0 saturated carbocycles. The monoisotopic (exact) mass is 294 g/mol. The molecule has 1 unspecified atom stereocenters. The van der Waals surface area contributed by atoms with Crippen LogP contribution in [0, 0.1) is 0 Å². The van der Waals surface area contributed by atoms with Gasteiger partial charge in [0.25, 0.3) is 0 Å². The van der Waals surface area contributed by atoms with Gasteiger partial charge in [0, 0.05) is 31.3 Å². The first kappa shape index (κ1) is 14.8. The van der Waals surface area contributed by atoms with Gasteiger partial charge in [0.1, 0.15) is 5.75 Å². The molecule has 20 heavy (non-hydrogen) atoms. The number of methoxy groups -OCH3 is 1. The third kappa shape index (κ3) is 2.78. The molecular formula is C14H19ClN4O. The Kier molecular flexibility index (Phi) is 4.62. The van der Waals surface area contributed by atoms with Crippen LogP contribution < -0.4 is 10.5 Å². The van der Waals surface area contributed by atoms with Crippen molar-refractivity contribution < 1.29 is 4.74 Å². The van der Waals surface area contributed by atoms with Crippen molar-refractivity contribution >= 4 is 11.6 Å². The highest BCUT2D eigenvalue weighted by molar-refractivity contribution is 6.31. The van der Waals surface area contributed by atoms with Crippen LogP contribution in [0.25, 0.3) is 0 Å². The fourth-order valence-corrected chi connectivity index (χ4v) is 2.60. The van der Waals surface area contributed by atoms with E-state index in [4.69, 9.17) is 22.1 Å². The Morgan fingerprint density at radius 1 is 1.50 bits per heavy atom. The minimum atomic E-state index is -0.217. The average molecular weight is 295 g/mol. The summed E-state index contributed by atoms with van der Waals surface area (Å²) in [6, 6.07) is 1.65. The van der Waals surface area contributed by atoms with Crippen LogP contribution in [-0.4, -0.2) is 21.9 Å². The van der Waals surface area contributed by atoms with Crippen LogP contribution in [0.5, 0.6) is 5.75 Å². The molecule has 5 nitrogen and oxygen atoms in total. The third-order valence-electron chi connectivity index (χ3n) is 3.35. The number of aryl methyl sites for hydroxylation is 2. The molecule has 2 rings (SSSR count). The molecule has 2 heterocycles. The molecular weight excluding hydrogens is 276 g/mol. The van der Waals surface area contributed by atoms with Crippen molar-refractivity contribution in [2.45, 2.75) is 25.8 Å². The predicted octanol–water partition coefficient (Wildman–Crippen LogP) is 2.28. The van der Waals surface area contributed by atoms with E-state index in [1.165, 1.54) is 0 Å². The standard InChI is InChI=1S/C14H19ClN4O/c1-4-11-14(15)12(19(2)18-11)7-10(16)9-5-6-17-8-13(9)20-3/h5-6,8,10H,4,7,16H2,1-3H3. The number of hydrogen-bond acceptors (Lipinski definition) is 4. The van der Waals surface area contributed by atoms with E-state index in [0.29, 0.717) is 17.2 Å². The normalized spacial score (nSPS) is 12.4. The highest BCUT2D eigenvalue weighted by Crippen LogP contribution is 2.28. The molecule has 0 aliphatic heterocycles. The van der Waals surface area contributed by atoms with Gasteiger partial charge in [-0.05, 0) is 12.5 Å². The van der Waals surface area contributed by atoms with Crippen LogP contribution >= 0.6 is 11.6 Å². The van der Waals surface area contributed by atoms with E-state index in [0.717, 1.165) is 23.4 Å². The van der Waals surface area contributed by atoms with Gasteiger partial charge in [0.15, 0.2) is 0 Å². The summed E-state index contributed by atoms with van der Waals surface area (Å²) in [6.45, 7) is 2.03. The van der Waals surface area contributed by atoms with Crippen molar-refractivity contribution in [2.24, 2.45) is 12.8 Å². The van der Waals surface area contributed by atoms with E-state index < -0.39 is 0 Å². The molecule has 0 bridgehead atoms. The van der Waals surface area contributed by atoms with Crippen LogP contribution in [0.15, 0.2) is 18.5 Å². The maximum Gasteiger partial charge on any atom is 0.141 e. The summed E-state index contributed by atoms with van der Waals surface area (Å²) < 4.78 is 7.09. The number of ether oxygens (including phenoxy) is 1. The second kappa shape index (κ2) is 6.24. The minimum absolute atomic E-state index is 0.217. The van der Waals surface area contributed by atoms with Crippen molar-refractivity contribution in [1.29, 1.82) is 0 Å². The molecule has 0 aromatic carbocycles. The largest absolute Gasteiger partial charge is 0.495 e. The quantitative estimate of drug-likeness (QED) is 0.919. The predicted molar refractivity (Wildman–Crippen MR) is 79.0 cm³/mol. The molecule has 2 aromatic heterocycles. The average Bonchev–Trinajstić information content (AvgIpc) is 2.74. The van der Waals surface area contributed by atoms with Gasteiger partial charge in [-0.3, -0.25) is 9.67 Å². The van der Waals surface area contributed by atoms with Gasteiger partial charge in [0.05, 0.1) is 29.7 Å². The number of rotatable bonds is 5. The Hall–Kier alpha value is -1.59. The van der Waals surface area contributed by atoms with Crippen molar-refractivity contribution in [3.05, 3.63) is 40.4 Å². The fraction of sp³-hybridized carbons (Fsp3) is 0.429. The number of aromatic nitrogens is 3. The topological polar surface area (TPSA) is 66.0 Å². The Morgan fingerprint density at radius 2 is 2.25 bits per heavy atom. The van der Waals surface area contributed by atoms with Gasteiger partial charge < -0.3 is 10.5 Å². The first-order chi connectivity index (χ1) is 9.58. The number of nitrogens with zero attached hydrogens (tertiary/aromatic N) is 3. The molecule has 2 N–H and O–H groups in total. The van der Waals surface area contributed by atoms with Gasteiger partial charge >= 0.3 is 0 Å². The molecule has 0 spiro atoms. The van der Waals surface area contributed by atoms with E-state index in [2.05, 4.69) is 10.1 Å². The number of halogens is 1. The fourth-order valence-electron chi connectivity index (χ4n) is 2.23. The van der Waals surface area contributed by atoms with Gasteiger partial charge in [-0.15, -0.1) is 0 Å². The lowest BCUT2D eigenvalue weighted by molar-refractivity contribution is 0.403. The van der Waals surface area contributed by atoms with E-state index in [1.807, 2.05) is 20.0 Å². The van der Waals surface area contributed by atoms with Gasteiger partial charge in [-0.25, -0.2) is 0 Å². The molecule has 6 heteroatoms. The molecule has 0 radical (unpaired) electrons. The Labute approximate surface area is 123 Å². The number of hydrogen-bond donors (Lipinski definition) is 1.